The van der Waals surface area contributed by atoms with Crippen LogP contribution in [0, 0.1) is 5.92 Å². The van der Waals surface area contributed by atoms with Gasteiger partial charge in [-0.2, -0.15) is 0 Å². The summed E-state index contributed by atoms with van der Waals surface area (Å²) in [4.78, 5) is 0. The van der Waals surface area contributed by atoms with Crippen molar-refractivity contribution in [3.05, 3.63) is 6.33 Å². The summed E-state index contributed by atoms with van der Waals surface area (Å²) in [6.45, 7) is 3.33. The number of aromatic nitrogens is 3. The molecule has 1 aliphatic carbocycles. The summed E-state index contributed by atoms with van der Waals surface area (Å²) >= 11 is 1.75. The van der Waals surface area contributed by atoms with Gasteiger partial charge in [-0.05, 0) is 25.7 Å². The van der Waals surface area contributed by atoms with E-state index in [1.165, 1.54) is 12.8 Å². The van der Waals surface area contributed by atoms with Gasteiger partial charge in [0.1, 0.15) is 6.33 Å². The molecular formula is C10H18N4S. The van der Waals surface area contributed by atoms with E-state index in [0.717, 1.165) is 23.4 Å². The molecular weight excluding hydrogens is 208 g/mol. The van der Waals surface area contributed by atoms with Gasteiger partial charge in [-0.25, -0.2) is 0 Å². The van der Waals surface area contributed by atoms with Gasteiger partial charge in [0.05, 0.1) is 0 Å². The second kappa shape index (κ2) is 4.99. The average Bonchev–Trinajstić information content (AvgIpc) is 2.99. The minimum absolute atomic E-state index is 0.685. The molecule has 1 atom stereocenters. The summed E-state index contributed by atoms with van der Waals surface area (Å²) in [7, 11) is 1.97. The van der Waals surface area contributed by atoms with Gasteiger partial charge in [0.2, 0.25) is 0 Å². The van der Waals surface area contributed by atoms with Gasteiger partial charge in [-0.3, -0.25) is 0 Å². The van der Waals surface area contributed by atoms with Crippen LogP contribution in [-0.4, -0.2) is 33.1 Å². The fourth-order valence-electron chi connectivity index (χ4n) is 1.60. The Bertz CT molecular complexity index is 308. The molecule has 0 amide bonds. The Morgan fingerprint density at radius 3 is 3.07 bits per heavy atom. The zero-order valence-electron chi connectivity index (χ0n) is 9.31. The van der Waals surface area contributed by atoms with Crippen molar-refractivity contribution in [2.75, 3.05) is 12.3 Å². The third kappa shape index (κ3) is 3.21. The number of hydrogen-bond acceptors (Lipinski definition) is 4. The Kier molecular flexibility index (Phi) is 3.64. The maximum Gasteiger partial charge on any atom is 0.190 e. The number of aryl methyl sites for hydroxylation is 1. The van der Waals surface area contributed by atoms with E-state index in [9.17, 15) is 0 Å². The largest absolute Gasteiger partial charge is 0.313 e. The summed E-state index contributed by atoms with van der Waals surface area (Å²) < 4.78 is 1.95. The van der Waals surface area contributed by atoms with Crippen molar-refractivity contribution in [3.8, 4) is 0 Å². The summed E-state index contributed by atoms with van der Waals surface area (Å²) in [6.07, 6.45) is 4.55. The molecule has 1 aromatic rings. The zero-order chi connectivity index (χ0) is 10.7. The maximum atomic E-state index is 4.03. The van der Waals surface area contributed by atoms with Crippen molar-refractivity contribution in [2.24, 2.45) is 13.0 Å². The highest BCUT2D eigenvalue weighted by atomic mass is 32.2. The van der Waals surface area contributed by atoms with E-state index in [2.05, 4.69) is 22.4 Å². The van der Waals surface area contributed by atoms with E-state index in [-0.39, 0.29) is 0 Å². The molecule has 0 spiro atoms. The van der Waals surface area contributed by atoms with Gasteiger partial charge in [-0.1, -0.05) is 11.8 Å². The highest BCUT2D eigenvalue weighted by Crippen LogP contribution is 2.32. The second-order valence-corrected chi connectivity index (χ2v) is 5.22. The van der Waals surface area contributed by atoms with E-state index in [1.807, 2.05) is 11.6 Å². The van der Waals surface area contributed by atoms with E-state index in [4.69, 9.17) is 0 Å². The predicted octanol–water partition coefficient (Wildman–Crippen LogP) is 1.30. The van der Waals surface area contributed by atoms with E-state index >= 15 is 0 Å². The summed E-state index contributed by atoms with van der Waals surface area (Å²) in [6, 6.07) is 0.685. The monoisotopic (exact) mass is 226 g/mol. The molecule has 5 heteroatoms. The third-order valence-electron chi connectivity index (χ3n) is 2.80. The van der Waals surface area contributed by atoms with Crippen LogP contribution >= 0.6 is 11.8 Å². The van der Waals surface area contributed by atoms with Crippen LogP contribution in [0.5, 0.6) is 0 Å². The van der Waals surface area contributed by atoms with Gasteiger partial charge in [0.25, 0.3) is 0 Å². The Morgan fingerprint density at radius 2 is 2.47 bits per heavy atom. The van der Waals surface area contributed by atoms with Crippen molar-refractivity contribution >= 4 is 11.8 Å². The second-order valence-electron chi connectivity index (χ2n) is 4.15. The number of nitrogens with one attached hydrogen (secondary N) is 1. The first-order chi connectivity index (χ1) is 7.27. The maximum absolute atomic E-state index is 4.03. The molecule has 1 aliphatic rings. The molecule has 0 saturated heterocycles. The number of nitrogens with zero attached hydrogens (tertiary/aromatic N) is 3. The lowest BCUT2D eigenvalue weighted by molar-refractivity contribution is 0.514. The third-order valence-corrected chi connectivity index (χ3v) is 3.83. The molecule has 1 fully saturated rings. The van der Waals surface area contributed by atoms with E-state index < -0.39 is 0 Å². The van der Waals surface area contributed by atoms with Gasteiger partial charge in [0.15, 0.2) is 5.16 Å². The molecule has 15 heavy (non-hydrogen) atoms. The molecule has 0 aliphatic heterocycles. The van der Waals surface area contributed by atoms with E-state index in [1.54, 1.807) is 18.1 Å². The van der Waals surface area contributed by atoms with Crippen LogP contribution < -0.4 is 5.32 Å². The minimum atomic E-state index is 0.685. The molecule has 0 radical (unpaired) electrons. The molecule has 0 bridgehead atoms. The van der Waals surface area contributed by atoms with Crippen LogP contribution in [0.2, 0.25) is 0 Å². The molecule has 1 heterocycles. The lowest BCUT2D eigenvalue weighted by Gasteiger charge is -2.11. The average molecular weight is 226 g/mol. The molecule has 4 nitrogen and oxygen atoms in total. The molecule has 0 aromatic carbocycles. The van der Waals surface area contributed by atoms with Crippen LogP contribution in [0.15, 0.2) is 11.5 Å². The highest BCUT2D eigenvalue weighted by Gasteiger charge is 2.27. The Morgan fingerprint density at radius 1 is 1.67 bits per heavy atom. The van der Waals surface area contributed by atoms with Gasteiger partial charge in [0, 0.05) is 25.4 Å². The van der Waals surface area contributed by atoms with Crippen LogP contribution in [0.1, 0.15) is 19.8 Å². The van der Waals surface area contributed by atoms with Crippen molar-refractivity contribution in [1.29, 1.82) is 0 Å². The van der Waals surface area contributed by atoms with Gasteiger partial charge < -0.3 is 9.88 Å². The van der Waals surface area contributed by atoms with Crippen LogP contribution in [0.25, 0.3) is 0 Å². The number of hydrogen-bond donors (Lipinski definition) is 1. The Balaban J connectivity index is 1.60. The predicted molar refractivity (Wildman–Crippen MR) is 61.9 cm³/mol. The number of thioether (sulfide) groups is 1. The summed E-state index contributed by atoms with van der Waals surface area (Å²) in [5.41, 5.74) is 0. The Hall–Kier alpha value is -0.550. The van der Waals surface area contributed by atoms with E-state index in [0.29, 0.717) is 6.04 Å². The summed E-state index contributed by atoms with van der Waals surface area (Å²) in [5.74, 6) is 1.99. The number of rotatable bonds is 6. The fraction of sp³-hybridized carbons (Fsp3) is 0.800. The minimum Gasteiger partial charge on any atom is -0.313 e. The van der Waals surface area contributed by atoms with Crippen LogP contribution in [0.3, 0.4) is 0 Å². The van der Waals surface area contributed by atoms with Crippen molar-refractivity contribution in [1.82, 2.24) is 20.1 Å². The first-order valence-corrected chi connectivity index (χ1v) is 6.46. The Labute approximate surface area is 94.8 Å². The fourth-order valence-corrected chi connectivity index (χ4v) is 2.35. The lowest BCUT2D eigenvalue weighted by atomic mass is 10.2. The first kappa shape index (κ1) is 11.0. The highest BCUT2D eigenvalue weighted by molar-refractivity contribution is 7.99. The molecule has 2 rings (SSSR count). The topological polar surface area (TPSA) is 42.7 Å². The molecule has 1 aromatic heterocycles. The molecule has 1 saturated carbocycles. The molecule has 1 unspecified atom stereocenters. The van der Waals surface area contributed by atoms with Crippen LogP contribution in [-0.2, 0) is 7.05 Å². The lowest BCUT2D eigenvalue weighted by Crippen LogP contribution is -2.29. The van der Waals surface area contributed by atoms with Gasteiger partial charge >= 0.3 is 0 Å². The SMILES string of the molecule is CC(NCCSc1nncn1C)C1CC1. The summed E-state index contributed by atoms with van der Waals surface area (Å²) in [5, 5.41) is 12.4. The smallest absolute Gasteiger partial charge is 0.190 e. The van der Waals surface area contributed by atoms with Crippen molar-refractivity contribution < 1.29 is 0 Å². The van der Waals surface area contributed by atoms with Gasteiger partial charge in [-0.15, -0.1) is 10.2 Å². The molecule has 1 N–H and O–H groups in total. The first-order valence-electron chi connectivity index (χ1n) is 5.47. The quantitative estimate of drug-likeness (QED) is 0.586. The van der Waals surface area contributed by atoms with Crippen molar-refractivity contribution in [2.45, 2.75) is 31.0 Å². The zero-order valence-corrected chi connectivity index (χ0v) is 10.1. The van der Waals surface area contributed by atoms with Crippen molar-refractivity contribution in [3.63, 3.8) is 0 Å². The standard InChI is InChI=1S/C10H18N4S/c1-8(9-3-4-9)11-5-6-15-10-13-12-7-14(10)2/h7-9,11H,3-6H2,1-2H3. The van der Waals surface area contributed by atoms with Crippen LogP contribution in [0.4, 0.5) is 0 Å². The molecule has 84 valence electrons. The normalized spacial score (nSPS) is 18.0.